The van der Waals surface area contributed by atoms with E-state index in [0.717, 1.165) is 11.6 Å². The fraction of sp³-hybridized carbons (Fsp3) is 0.263. The number of carbonyl (C=O) groups is 1. The lowest BCUT2D eigenvalue weighted by Gasteiger charge is -2.18. The van der Waals surface area contributed by atoms with Gasteiger partial charge in [-0.2, -0.15) is 13.2 Å². The monoisotopic (exact) mass is 405 g/mol. The molecule has 0 spiro atoms. The average molecular weight is 405 g/mol. The number of hydrogen-bond acceptors (Lipinski definition) is 5. The van der Waals surface area contributed by atoms with Gasteiger partial charge < -0.3 is 15.4 Å². The van der Waals surface area contributed by atoms with Crippen LogP contribution in [-0.2, 0) is 0 Å². The second-order valence-corrected chi connectivity index (χ2v) is 6.58. The van der Waals surface area contributed by atoms with Crippen molar-refractivity contribution in [3.05, 3.63) is 65.4 Å². The van der Waals surface area contributed by atoms with E-state index in [2.05, 4.69) is 25.5 Å². The summed E-state index contributed by atoms with van der Waals surface area (Å²) in [5.74, 6) is -0.233. The van der Waals surface area contributed by atoms with Crippen molar-refractivity contribution in [1.29, 1.82) is 0 Å². The van der Waals surface area contributed by atoms with Crippen LogP contribution in [0.25, 0.3) is 11.3 Å². The van der Waals surface area contributed by atoms with E-state index in [-0.39, 0.29) is 11.1 Å². The lowest BCUT2D eigenvalue weighted by Crippen LogP contribution is -2.28. The number of carbonyl (C=O) groups excluding carboxylic acids is 1. The van der Waals surface area contributed by atoms with Crippen molar-refractivity contribution < 1.29 is 23.1 Å². The Morgan fingerprint density at radius 3 is 2.59 bits per heavy atom. The van der Waals surface area contributed by atoms with Crippen LogP contribution in [0.1, 0.15) is 46.4 Å². The predicted molar refractivity (Wildman–Crippen MR) is 97.7 cm³/mol. The summed E-state index contributed by atoms with van der Waals surface area (Å²) in [7, 11) is 0. The first-order chi connectivity index (χ1) is 13.6. The Bertz CT molecular complexity index is 988. The number of aromatic nitrogens is 4. The van der Waals surface area contributed by atoms with Gasteiger partial charge in [0.25, 0.3) is 5.91 Å². The van der Waals surface area contributed by atoms with Crippen molar-refractivity contribution in [3.8, 4) is 11.3 Å². The van der Waals surface area contributed by atoms with Crippen LogP contribution >= 0.6 is 0 Å². The number of aromatic amines is 1. The molecule has 0 aliphatic heterocycles. The lowest BCUT2D eigenvalue weighted by atomic mass is 9.98. The number of H-pyrrole nitrogens is 1. The molecule has 0 saturated carbocycles. The van der Waals surface area contributed by atoms with Gasteiger partial charge in [-0.1, -0.05) is 6.07 Å². The van der Waals surface area contributed by atoms with Crippen LogP contribution in [0, 0.1) is 6.92 Å². The average Bonchev–Trinajstić information content (AvgIpc) is 3.22. The molecule has 0 aliphatic carbocycles. The highest BCUT2D eigenvalue weighted by atomic mass is 19.4. The van der Waals surface area contributed by atoms with E-state index in [0.29, 0.717) is 11.5 Å². The van der Waals surface area contributed by atoms with Crippen molar-refractivity contribution >= 4 is 5.91 Å². The van der Waals surface area contributed by atoms with Gasteiger partial charge in [-0.05, 0) is 49.2 Å². The summed E-state index contributed by atoms with van der Waals surface area (Å²) in [4.78, 5) is 19.6. The number of pyridine rings is 1. The molecule has 2 atom stereocenters. The van der Waals surface area contributed by atoms with Gasteiger partial charge in [0.15, 0.2) is 11.9 Å². The number of hydrogen-bond donors (Lipinski definition) is 3. The third-order valence-electron chi connectivity index (χ3n) is 4.24. The third-order valence-corrected chi connectivity index (χ3v) is 4.24. The molecular formula is C19H18F3N5O2. The summed E-state index contributed by atoms with van der Waals surface area (Å²) in [6.45, 7) is 3.47. The molecule has 152 valence electrons. The number of alkyl halides is 3. The van der Waals surface area contributed by atoms with Crippen LogP contribution in [0.2, 0.25) is 0 Å². The molecule has 10 heteroatoms. The van der Waals surface area contributed by atoms with E-state index < -0.39 is 29.8 Å². The molecule has 29 heavy (non-hydrogen) atoms. The van der Waals surface area contributed by atoms with Crippen molar-refractivity contribution in [1.82, 2.24) is 25.5 Å². The zero-order chi connectivity index (χ0) is 21.2. The fourth-order valence-corrected chi connectivity index (χ4v) is 2.69. The smallest absolute Gasteiger partial charge is 0.379 e. The zero-order valence-electron chi connectivity index (χ0n) is 15.5. The molecule has 2 aromatic heterocycles. The molecule has 3 rings (SSSR count). The van der Waals surface area contributed by atoms with Crippen LogP contribution in [0.5, 0.6) is 0 Å². The molecule has 0 fully saturated rings. The van der Waals surface area contributed by atoms with E-state index >= 15 is 0 Å². The highest BCUT2D eigenvalue weighted by molar-refractivity contribution is 5.95. The van der Waals surface area contributed by atoms with Crippen molar-refractivity contribution in [2.24, 2.45) is 0 Å². The van der Waals surface area contributed by atoms with Crippen molar-refractivity contribution in [2.75, 3.05) is 0 Å². The molecule has 2 heterocycles. The summed E-state index contributed by atoms with van der Waals surface area (Å²) >= 11 is 0. The first kappa shape index (κ1) is 20.5. The van der Waals surface area contributed by atoms with E-state index in [1.54, 1.807) is 25.3 Å². The first-order valence-corrected chi connectivity index (χ1v) is 8.65. The summed E-state index contributed by atoms with van der Waals surface area (Å²) in [6, 6.07) is 6.44. The lowest BCUT2D eigenvalue weighted by molar-refractivity contribution is -0.206. The molecule has 3 N–H and O–H groups in total. The largest absolute Gasteiger partial charge is 0.418 e. The zero-order valence-corrected chi connectivity index (χ0v) is 15.5. The number of nitrogens with one attached hydrogen (secondary N) is 2. The second kappa shape index (κ2) is 8.00. The summed E-state index contributed by atoms with van der Waals surface area (Å²) < 4.78 is 39.2. The molecule has 0 bridgehead atoms. The third kappa shape index (κ3) is 4.77. The number of amides is 1. The van der Waals surface area contributed by atoms with Crippen LogP contribution in [0.15, 0.2) is 42.9 Å². The number of halogens is 3. The Hall–Kier alpha value is -3.27. The SMILES string of the molecule is Cc1ccc(-c2cc(C(=O)N[C@@H](C)c3nnc[nH]3)cc(C(O)C(F)(F)F)c2)nc1. The van der Waals surface area contributed by atoms with Crippen LogP contribution in [-0.4, -0.2) is 37.4 Å². The molecule has 0 saturated heterocycles. The molecular weight excluding hydrogens is 387 g/mol. The van der Waals surface area contributed by atoms with E-state index in [1.165, 1.54) is 18.5 Å². The van der Waals surface area contributed by atoms with Crippen LogP contribution in [0.4, 0.5) is 13.2 Å². The Morgan fingerprint density at radius 2 is 2.00 bits per heavy atom. The maximum atomic E-state index is 13.1. The predicted octanol–water partition coefficient (Wildman–Crippen LogP) is 3.26. The quantitative estimate of drug-likeness (QED) is 0.605. The maximum Gasteiger partial charge on any atom is 0.418 e. The highest BCUT2D eigenvalue weighted by Gasteiger charge is 2.39. The summed E-state index contributed by atoms with van der Waals surface area (Å²) in [5.41, 5.74) is 1.04. The van der Waals surface area contributed by atoms with Gasteiger partial charge in [0.2, 0.25) is 0 Å². The molecule has 1 aromatic carbocycles. The van der Waals surface area contributed by atoms with Gasteiger partial charge in [-0.15, -0.1) is 10.2 Å². The number of aliphatic hydroxyl groups is 1. The molecule has 1 amide bonds. The first-order valence-electron chi connectivity index (χ1n) is 8.65. The Labute approximate surface area is 164 Å². The normalized spacial score (nSPS) is 13.7. The van der Waals surface area contributed by atoms with Gasteiger partial charge in [0, 0.05) is 17.3 Å². The van der Waals surface area contributed by atoms with E-state index in [9.17, 15) is 23.1 Å². The summed E-state index contributed by atoms with van der Waals surface area (Å²) in [6.07, 6.45) is -4.70. The Balaban J connectivity index is 1.99. The minimum absolute atomic E-state index is 0.0467. The number of nitrogens with zero attached hydrogens (tertiary/aromatic N) is 3. The van der Waals surface area contributed by atoms with Gasteiger partial charge in [-0.3, -0.25) is 9.78 Å². The molecule has 7 nitrogen and oxygen atoms in total. The fourth-order valence-electron chi connectivity index (χ4n) is 2.69. The van der Waals surface area contributed by atoms with Crippen molar-refractivity contribution in [2.45, 2.75) is 32.2 Å². The van der Waals surface area contributed by atoms with Crippen LogP contribution in [0.3, 0.4) is 0 Å². The standard InChI is InChI=1S/C19H18F3N5O2/c1-10-3-4-15(23-8-10)12-5-13(16(28)19(20,21)22)7-14(6-12)18(29)26-11(2)17-24-9-25-27-17/h3-9,11,16,28H,1-2H3,(H,26,29)(H,24,25,27)/t11-,16?/m0/s1. The number of aryl methyl sites for hydroxylation is 1. The second-order valence-electron chi connectivity index (χ2n) is 6.58. The van der Waals surface area contributed by atoms with Gasteiger partial charge in [0.1, 0.15) is 6.33 Å². The van der Waals surface area contributed by atoms with Crippen molar-refractivity contribution in [3.63, 3.8) is 0 Å². The number of rotatable bonds is 5. The minimum Gasteiger partial charge on any atom is -0.379 e. The summed E-state index contributed by atoms with van der Waals surface area (Å²) in [5, 5.41) is 19.8. The molecule has 0 radical (unpaired) electrons. The number of benzene rings is 1. The Kier molecular flexibility index (Phi) is 5.64. The van der Waals surface area contributed by atoms with Gasteiger partial charge in [0.05, 0.1) is 11.7 Å². The molecule has 1 unspecified atom stereocenters. The van der Waals surface area contributed by atoms with Gasteiger partial charge >= 0.3 is 6.18 Å². The van der Waals surface area contributed by atoms with E-state index in [1.807, 2.05) is 6.92 Å². The van der Waals surface area contributed by atoms with Gasteiger partial charge in [-0.25, -0.2) is 0 Å². The molecule has 3 aromatic rings. The maximum absolute atomic E-state index is 13.1. The topological polar surface area (TPSA) is 104 Å². The Morgan fingerprint density at radius 1 is 1.24 bits per heavy atom. The number of aliphatic hydroxyl groups excluding tert-OH is 1. The van der Waals surface area contributed by atoms with Crippen LogP contribution < -0.4 is 5.32 Å². The minimum atomic E-state index is -4.87. The van der Waals surface area contributed by atoms with E-state index in [4.69, 9.17) is 0 Å². The molecule has 0 aliphatic rings. The highest BCUT2D eigenvalue weighted by Crippen LogP contribution is 2.35.